The Morgan fingerprint density at radius 3 is 1.89 bits per heavy atom. The molecule has 2 aromatic rings. The molecule has 3 heterocycles. The molecule has 0 bridgehead atoms. The van der Waals surface area contributed by atoms with E-state index in [1.54, 1.807) is 0 Å². The van der Waals surface area contributed by atoms with Gasteiger partial charge in [-0.3, -0.25) is 0 Å². The van der Waals surface area contributed by atoms with Crippen LogP contribution in [-0.2, 0) is 42.7 Å². The van der Waals surface area contributed by atoms with Gasteiger partial charge in [0.2, 0.25) is 11.5 Å². The van der Waals surface area contributed by atoms with Crippen molar-refractivity contribution < 1.29 is 113 Å². The van der Waals surface area contributed by atoms with Gasteiger partial charge in [0, 0.05) is 12.2 Å². The van der Waals surface area contributed by atoms with E-state index in [0.29, 0.717) is 5.56 Å². The molecule has 14 atom stereocenters. The highest BCUT2D eigenvalue weighted by Crippen LogP contribution is 2.40. The number of carbonyl (C=O) groups is 2. The smallest absolute Gasteiger partial charge is 0.331 e. The Morgan fingerprint density at radius 2 is 1.27 bits per heavy atom. The van der Waals surface area contributed by atoms with Gasteiger partial charge in [0.15, 0.2) is 41.7 Å². The summed E-state index contributed by atoms with van der Waals surface area (Å²) in [5.41, 5.74) is 0.691. The number of benzene rings is 2. The van der Waals surface area contributed by atoms with Crippen molar-refractivity contribution in [2.45, 2.75) is 85.5 Å². The normalized spacial score (nSPS) is 33.7. The third-order valence-corrected chi connectivity index (χ3v) is 10.1. The average molecular weight is 887 g/mol. The topological polar surface area (TPSA) is 349 Å². The van der Waals surface area contributed by atoms with Crippen molar-refractivity contribution in [3.05, 3.63) is 53.6 Å². The number of phenolic OH excluding ortho intramolecular Hbond substituents is 2. The number of hydrogen-bond donors (Lipinski definition) is 11. The number of methoxy groups -OCH3 is 3. The van der Waals surface area contributed by atoms with Crippen molar-refractivity contribution in [2.75, 3.05) is 47.8 Å². The molecule has 3 saturated heterocycles. The molecule has 0 aromatic heterocycles. The molecule has 3 aliphatic rings. The van der Waals surface area contributed by atoms with Gasteiger partial charge in [0.05, 0.1) is 34.5 Å². The zero-order valence-corrected chi connectivity index (χ0v) is 33.3. The second-order valence-corrected chi connectivity index (χ2v) is 14.1. The van der Waals surface area contributed by atoms with Crippen LogP contribution in [0, 0.1) is 0 Å². The Labute approximate surface area is 352 Å². The molecule has 5 rings (SSSR count). The zero-order valence-electron chi connectivity index (χ0n) is 33.3. The van der Waals surface area contributed by atoms with E-state index in [9.17, 15) is 65.8 Å². The summed E-state index contributed by atoms with van der Waals surface area (Å²) in [6.45, 7) is -3.85. The quantitative estimate of drug-likeness (QED) is 0.0540. The SMILES string of the molecule is COc1cc(/C=C/C(=O)OC[C@H]2O[C@H](O[C@]3(CO)O[C@H](CO)[C@@H](O)[C@@H]3OC(=O)/C=C/c3cc(OC)c(O)c(OC)c3)[C@H](O)[C@@H](O[C@@H]3O[C@H](CO)[C@@H](O)[C@H](O)[C@H]3O)[C@@H]2O)ccc1O. The molecular formula is C39H50O23. The number of aromatic hydroxyl groups is 2. The average Bonchev–Trinajstić information content (AvgIpc) is 3.53. The van der Waals surface area contributed by atoms with E-state index in [4.69, 9.17) is 47.4 Å². The minimum atomic E-state index is -2.65. The molecule has 62 heavy (non-hydrogen) atoms. The van der Waals surface area contributed by atoms with Gasteiger partial charge in [0.1, 0.15) is 74.3 Å². The van der Waals surface area contributed by atoms with Crippen molar-refractivity contribution >= 4 is 24.1 Å². The van der Waals surface area contributed by atoms with Crippen molar-refractivity contribution in [1.29, 1.82) is 0 Å². The van der Waals surface area contributed by atoms with Crippen molar-refractivity contribution in [1.82, 2.24) is 0 Å². The van der Waals surface area contributed by atoms with Gasteiger partial charge >= 0.3 is 11.9 Å². The molecule has 3 fully saturated rings. The van der Waals surface area contributed by atoms with Crippen LogP contribution in [-0.4, -0.2) is 201 Å². The van der Waals surface area contributed by atoms with Crippen LogP contribution in [0.2, 0.25) is 0 Å². The predicted molar refractivity (Wildman–Crippen MR) is 203 cm³/mol. The highest BCUT2D eigenvalue weighted by molar-refractivity contribution is 5.88. The van der Waals surface area contributed by atoms with E-state index in [1.807, 2.05) is 0 Å². The van der Waals surface area contributed by atoms with Crippen LogP contribution in [0.25, 0.3) is 12.2 Å². The van der Waals surface area contributed by atoms with Gasteiger partial charge in [-0.2, -0.15) is 0 Å². The maximum absolute atomic E-state index is 13.2. The number of aliphatic hydroxyl groups is 9. The Balaban J connectivity index is 1.41. The molecule has 0 saturated carbocycles. The maximum Gasteiger partial charge on any atom is 0.331 e. The number of aliphatic hydroxyl groups excluding tert-OH is 9. The first-order chi connectivity index (χ1) is 29.5. The van der Waals surface area contributed by atoms with E-state index in [0.717, 1.165) is 12.2 Å². The molecule has 3 aliphatic heterocycles. The van der Waals surface area contributed by atoms with Gasteiger partial charge in [-0.25, -0.2) is 9.59 Å². The van der Waals surface area contributed by atoms with Crippen LogP contribution in [0.5, 0.6) is 28.7 Å². The first-order valence-corrected chi connectivity index (χ1v) is 18.8. The van der Waals surface area contributed by atoms with Gasteiger partial charge in [0.25, 0.3) is 0 Å². The summed E-state index contributed by atoms with van der Waals surface area (Å²) in [5, 5.41) is 116. The molecule has 0 amide bonds. The number of ether oxygens (including phenoxy) is 10. The standard InChI is InChI=1S/C39H50O23/c1-53-20-10-17(4-7-19(20)43)5-8-26(44)56-15-25-30(48)35(60-37-33(51)32(50)29(47)23(13-40)57-37)34(52)38(58-25)62-39(16-42)36(31(49)24(14-41)61-39)59-27(45)9-6-18-11-21(54-2)28(46)22(12-18)55-3/h4-12,23-25,29-38,40-43,46-52H,13-16H2,1-3H3/b8-5+,9-6+/t23-,24-,25-,29-,30-,31-,32+,33-,34-,35+,36+,37+,38-,39+/m1/s1. The summed E-state index contributed by atoms with van der Waals surface area (Å²) in [4.78, 5) is 26.0. The largest absolute Gasteiger partial charge is 0.504 e. The number of esters is 2. The summed E-state index contributed by atoms with van der Waals surface area (Å²) >= 11 is 0. The molecule has 0 aliphatic carbocycles. The zero-order chi connectivity index (χ0) is 45.5. The second kappa shape index (κ2) is 21.1. The van der Waals surface area contributed by atoms with E-state index in [2.05, 4.69) is 0 Å². The van der Waals surface area contributed by atoms with Gasteiger partial charge in [-0.15, -0.1) is 0 Å². The van der Waals surface area contributed by atoms with E-state index < -0.39 is 124 Å². The summed E-state index contributed by atoms with van der Waals surface area (Å²) < 4.78 is 54.5. The van der Waals surface area contributed by atoms with E-state index in [1.165, 1.54) is 63.8 Å². The molecule has 2 aromatic carbocycles. The molecule has 23 nitrogen and oxygen atoms in total. The second-order valence-electron chi connectivity index (χ2n) is 14.1. The summed E-state index contributed by atoms with van der Waals surface area (Å²) in [6.07, 6.45) is -20.3. The van der Waals surface area contributed by atoms with Crippen LogP contribution in [0.15, 0.2) is 42.5 Å². The lowest BCUT2D eigenvalue weighted by atomic mass is 9.96. The van der Waals surface area contributed by atoms with Crippen LogP contribution in [0.3, 0.4) is 0 Å². The summed E-state index contributed by atoms with van der Waals surface area (Å²) in [6, 6.07) is 6.92. The third-order valence-electron chi connectivity index (χ3n) is 10.1. The molecule has 0 radical (unpaired) electrons. The maximum atomic E-state index is 13.2. The fraction of sp³-hybridized carbons (Fsp3) is 0.538. The molecular weight excluding hydrogens is 836 g/mol. The minimum absolute atomic E-state index is 0.000105. The Hall–Kier alpha value is -4.70. The van der Waals surface area contributed by atoms with Crippen LogP contribution in [0.1, 0.15) is 11.1 Å². The fourth-order valence-corrected chi connectivity index (χ4v) is 6.75. The summed E-state index contributed by atoms with van der Waals surface area (Å²) in [7, 11) is 3.89. The number of hydrogen-bond acceptors (Lipinski definition) is 23. The lowest BCUT2D eigenvalue weighted by Crippen LogP contribution is -2.66. The molecule has 0 unspecified atom stereocenters. The van der Waals surface area contributed by atoms with E-state index >= 15 is 0 Å². The van der Waals surface area contributed by atoms with Gasteiger partial charge < -0.3 is 104 Å². The Kier molecular flexibility index (Phi) is 16.5. The molecule has 11 N–H and O–H groups in total. The first-order valence-electron chi connectivity index (χ1n) is 18.8. The van der Waals surface area contributed by atoms with E-state index in [-0.39, 0.29) is 34.3 Å². The van der Waals surface area contributed by atoms with Crippen LogP contribution >= 0.6 is 0 Å². The van der Waals surface area contributed by atoms with Crippen molar-refractivity contribution in [3.63, 3.8) is 0 Å². The summed E-state index contributed by atoms with van der Waals surface area (Å²) in [5.74, 6) is -5.17. The lowest BCUT2D eigenvalue weighted by Gasteiger charge is -2.47. The minimum Gasteiger partial charge on any atom is -0.504 e. The Bertz CT molecular complexity index is 1860. The van der Waals surface area contributed by atoms with Crippen molar-refractivity contribution in [2.24, 2.45) is 0 Å². The highest BCUT2D eigenvalue weighted by Gasteiger charge is 2.61. The van der Waals surface area contributed by atoms with Gasteiger partial charge in [-0.1, -0.05) is 6.07 Å². The number of rotatable bonds is 17. The van der Waals surface area contributed by atoms with Crippen LogP contribution in [0.4, 0.5) is 0 Å². The first kappa shape index (κ1) is 48.3. The fourth-order valence-electron chi connectivity index (χ4n) is 6.75. The number of phenols is 2. The molecule has 0 spiro atoms. The number of carbonyl (C=O) groups excluding carboxylic acids is 2. The Morgan fingerprint density at radius 1 is 0.677 bits per heavy atom. The molecule has 344 valence electrons. The highest BCUT2D eigenvalue weighted by atomic mass is 16.8. The van der Waals surface area contributed by atoms with Crippen molar-refractivity contribution in [3.8, 4) is 28.7 Å². The third kappa shape index (κ3) is 10.6. The molecule has 23 heteroatoms. The van der Waals surface area contributed by atoms with Gasteiger partial charge in [-0.05, 0) is 47.5 Å². The van der Waals surface area contributed by atoms with Crippen LogP contribution < -0.4 is 14.2 Å². The predicted octanol–water partition coefficient (Wildman–Crippen LogP) is -3.61. The lowest BCUT2D eigenvalue weighted by molar-refractivity contribution is -0.399. The monoisotopic (exact) mass is 886 g/mol.